The van der Waals surface area contributed by atoms with Crippen molar-refractivity contribution in [3.63, 3.8) is 0 Å². The molecule has 2 aromatic rings. The number of anilines is 1. The highest BCUT2D eigenvalue weighted by Crippen LogP contribution is 2.19. The Morgan fingerprint density at radius 1 is 1.29 bits per heavy atom. The number of aromatic nitrogens is 2. The Labute approximate surface area is 127 Å². The number of benzene rings is 1. The molecular weight excluding hydrogens is 369 g/mol. The lowest BCUT2D eigenvalue weighted by atomic mass is 10.2. The van der Waals surface area contributed by atoms with Gasteiger partial charge >= 0.3 is 5.97 Å². The number of halogens is 2. The molecular formula is C11H7BrFN3O4S. The molecule has 7 nitrogen and oxygen atoms in total. The standard InChI is InChI=1S/C11H7BrFN3O4S/c12-9-4-15-10(5-14-9)16-21(19,20)8-2-1-6(11(17)18)3-7(8)13/h1-5H,(H,15,16)(H,17,18). The van der Waals surface area contributed by atoms with E-state index in [9.17, 15) is 17.6 Å². The Bertz CT molecular complexity index is 796. The first-order valence-electron chi connectivity index (χ1n) is 5.33. The maximum absolute atomic E-state index is 13.7. The lowest BCUT2D eigenvalue weighted by molar-refractivity contribution is 0.0696. The summed E-state index contributed by atoms with van der Waals surface area (Å²) >= 11 is 3.04. The van der Waals surface area contributed by atoms with Crippen molar-refractivity contribution < 1.29 is 22.7 Å². The summed E-state index contributed by atoms with van der Waals surface area (Å²) in [6.45, 7) is 0. The number of carboxylic acids is 1. The predicted molar refractivity (Wildman–Crippen MR) is 73.9 cm³/mol. The van der Waals surface area contributed by atoms with Crippen LogP contribution in [0.3, 0.4) is 0 Å². The quantitative estimate of drug-likeness (QED) is 0.843. The number of aromatic carboxylic acids is 1. The highest BCUT2D eigenvalue weighted by atomic mass is 79.9. The summed E-state index contributed by atoms with van der Waals surface area (Å²) in [4.78, 5) is 17.5. The Kier molecular flexibility index (Phi) is 4.19. The van der Waals surface area contributed by atoms with Gasteiger partial charge in [-0.15, -0.1) is 0 Å². The number of hydrogen-bond donors (Lipinski definition) is 2. The highest BCUT2D eigenvalue weighted by molar-refractivity contribution is 9.10. The predicted octanol–water partition coefficient (Wildman–Crippen LogP) is 1.88. The zero-order valence-corrected chi connectivity index (χ0v) is 12.5. The summed E-state index contributed by atoms with van der Waals surface area (Å²) in [5, 5.41) is 8.71. The third kappa shape index (κ3) is 3.52. The molecule has 2 N–H and O–H groups in total. The zero-order chi connectivity index (χ0) is 15.6. The molecule has 0 aliphatic heterocycles. The summed E-state index contributed by atoms with van der Waals surface area (Å²) in [6.07, 6.45) is 2.41. The molecule has 1 aromatic carbocycles. The van der Waals surface area contributed by atoms with Crippen molar-refractivity contribution in [2.24, 2.45) is 0 Å². The van der Waals surface area contributed by atoms with Crippen LogP contribution in [-0.2, 0) is 10.0 Å². The van der Waals surface area contributed by atoms with Gasteiger partial charge in [0.1, 0.15) is 15.3 Å². The van der Waals surface area contributed by atoms with Gasteiger partial charge in [0.2, 0.25) is 0 Å². The van der Waals surface area contributed by atoms with Crippen LogP contribution in [0.1, 0.15) is 10.4 Å². The largest absolute Gasteiger partial charge is 0.478 e. The first-order valence-corrected chi connectivity index (χ1v) is 7.60. The average molecular weight is 376 g/mol. The van der Waals surface area contributed by atoms with Crippen molar-refractivity contribution in [3.8, 4) is 0 Å². The van der Waals surface area contributed by atoms with Crippen LogP contribution in [0.5, 0.6) is 0 Å². The minimum Gasteiger partial charge on any atom is -0.478 e. The number of nitrogens with one attached hydrogen (secondary N) is 1. The van der Waals surface area contributed by atoms with Crippen molar-refractivity contribution in [1.29, 1.82) is 0 Å². The van der Waals surface area contributed by atoms with Crippen molar-refractivity contribution in [2.75, 3.05) is 4.72 Å². The topological polar surface area (TPSA) is 109 Å². The molecule has 0 saturated carbocycles. The molecule has 0 aliphatic carbocycles. The van der Waals surface area contributed by atoms with Gasteiger partial charge in [-0.25, -0.2) is 27.6 Å². The summed E-state index contributed by atoms with van der Waals surface area (Å²) in [6, 6.07) is 2.49. The van der Waals surface area contributed by atoms with Crippen molar-refractivity contribution >= 4 is 37.7 Å². The van der Waals surface area contributed by atoms with Gasteiger partial charge in [-0.05, 0) is 34.1 Å². The highest BCUT2D eigenvalue weighted by Gasteiger charge is 2.21. The Morgan fingerprint density at radius 3 is 2.52 bits per heavy atom. The van der Waals surface area contributed by atoms with Crippen molar-refractivity contribution in [2.45, 2.75) is 4.90 Å². The van der Waals surface area contributed by atoms with Gasteiger partial charge in [0.05, 0.1) is 18.0 Å². The molecule has 0 unspecified atom stereocenters. The maximum Gasteiger partial charge on any atom is 0.335 e. The molecule has 0 fully saturated rings. The summed E-state index contributed by atoms with van der Waals surface area (Å²) < 4.78 is 40.2. The Hall–Kier alpha value is -2.07. The first kappa shape index (κ1) is 15.3. The average Bonchev–Trinajstić information content (AvgIpc) is 2.40. The van der Waals surface area contributed by atoms with E-state index in [1.54, 1.807) is 0 Å². The van der Waals surface area contributed by atoms with E-state index >= 15 is 0 Å². The van der Waals surface area contributed by atoms with Crippen LogP contribution >= 0.6 is 15.9 Å². The fourth-order valence-electron chi connectivity index (χ4n) is 1.41. The monoisotopic (exact) mass is 375 g/mol. The van der Waals surface area contributed by atoms with E-state index in [0.717, 1.165) is 18.3 Å². The number of nitrogens with zero attached hydrogens (tertiary/aromatic N) is 2. The number of rotatable bonds is 4. The second kappa shape index (κ2) is 5.74. The molecule has 0 amide bonds. The normalized spacial score (nSPS) is 11.1. The summed E-state index contributed by atoms with van der Waals surface area (Å²) in [5.41, 5.74) is -0.352. The van der Waals surface area contributed by atoms with Crippen molar-refractivity contribution in [3.05, 3.63) is 46.6 Å². The SMILES string of the molecule is O=C(O)c1ccc(S(=O)(=O)Nc2cnc(Br)cn2)c(F)c1. The molecule has 1 heterocycles. The molecule has 0 bridgehead atoms. The lowest BCUT2D eigenvalue weighted by Crippen LogP contribution is -2.16. The van der Waals surface area contributed by atoms with E-state index in [-0.39, 0.29) is 11.4 Å². The molecule has 110 valence electrons. The van der Waals surface area contributed by atoms with Gasteiger partial charge in [-0.3, -0.25) is 4.72 Å². The van der Waals surface area contributed by atoms with Gasteiger partial charge < -0.3 is 5.11 Å². The third-order valence-electron chi connectivity index (χ3n) is 2.33. The van der Waals surface area contributed by atoms with E-state index < -0.39 is 26.7 Å². The molecule has 0 radical (unpaired) electrons. The van der Waals surface area contributed by atoms with Crippen LogP contribution in [0.4, 0.5) is 10.2 Å². The lowest BCUT2D eigenvalue weighted by Gasteiger charge is -2.08. The Morgan fingerprint density at radius 2 is 2.00 bits per heavy atom. The van der Waals surface area contributed by atoms with Gasteiger partial charge in [-0.2, -0.15) is 0 Å². The van der Waals surface area contributed by atoms with E-state index in [0.29, 0.717) is 10.7 Å². The van der Waals surface area contributed by atoms with E-state index in [4.69, 9.17) is 5.11 Å². The van der Waals surface area contributed by atoms with Crippen molar-refractivity contribution in [1.82, 2.24) is 9.97 Å². The molecule has 1 aromatic heterocycles. The van der Waals surface area contributed by atoms with Gasteiger partial charge in [0.15, 0.2) is 5.82 Å². The summed E-state index contributed by atoms with van der Waals surface area (Å²) in [7, 11) is -4.24. The number of carboxylic acid groups (broad SMARTS) is 1. The fourth-order valence-corrected chi connectivity index (χ4v) is 2.67. The molecule has 2 rings (SSSR count). The molecule has 21 heavy (non-hydrogen) atoms. The van der Waals surface area contributed by atoms with Crippen LogP contribution in [0.25, 0.3) is 0 Å². The third-order valence-corrected chi connectivity index (χ3v) is 4.13. The fraction of sp³-hybridized carbons (Fsp3) is 0. The number of sulfonamides is 1. The smallest absolute Gasteiger partial charge is 0.335 e. The van der Waals surface area contributed by atoms with Crippen LogP contribution in [0.15, 0.2) is 40.1 Å². The number of carbonyl (C=O) groups is 1. The molecule has 0 saturated heterocycles. The van der Waals surface area contributed by atoms with E-state index in [1.165, 1.54) is 6.20 Å². The van der Waals surface area contributed by atoms with Gasteiger partial charge in [0, 0.05) is 0 Å². The van der Waals surface area contributed by atoms with Crippen LogP contribution in [0, 0.1) is 5.82 Å². The maximum atomic E-state index is 13.7. The second-order valence-electron chi connectivity index (χ2n) is 3.78. The van der Waals surface area contributed by atoms with Gasteiger partial charge in [0.25, 0.3) is 10.0 Å². The molecule has 10 heteroatoms. The van der Waals surface area contributed by atoms with Gasteiger partial charge in [-0.1, -0.05) is 0 Å². The second-order valence-corrected chi connectivity index (χ2v) is 6.24. The molecule has 0 spiro atoms. The minimum absolute atomic E-state index is 0.0973. The number of hydrogen-bond acceptors (Lipinski definition) is 5. The van der Waals surface area contributed by atoms with Crippen LogP contribution in [0.2, 0.25) is 0 Å². The zero-order valence-electron chi connectivity index (χ0n) is 10.1. The Balaban J connectivity index is 2.35. The molecule has 0 aliphatic rings. The van der Waals surface area contributed by atoms with E-state index in [2.05, 4.69) is 25.9 Å². The first-order chi connectivity index (χ1) is 9.79. The summed E-state index contributed by atoms with van der Waals surface area (Å²) in [5.74, 6) is -2.63. The minimum atomic E-state index is -4.24. The van der Waals surface area contributed by atoms with E-state index in [1.807, 2.05) is 4.72 Å². The van der Waals surface area contributed by atoms with Crippen LogP contribution in [-0.4, -0.2) is 29.5 Å². The molecule has 0 atom stereocenters. The van der Waals surface area contributed by atoms with Crippen LogP contribution < -0.4 is 4.72 Å².